The zero-order valence-corrected chi connectivity index (χ0v) is 14.0. The van der Waals surface area contributed by atoms with Crippen LogP contribution in [0.2, 0.25) is 0 Å². The van der Waals surface area contributed by atoms with E-state index in [0.29, 0.717) is 38.1 Å². The minimum atomic E-state index is -0.298. The summed E-state index contributed by atoms with van der Waals surface area (Å²) in [4.78, 5) is 37.2. The van der Waals surface area contributed by atoms with Gasteiger partial charge in [-0.1, -0.05) is 0 Å². The Morgan fingerprint density at radius 2 is 1.75 bits per heavy atom. The fourth-order valence-corrected chi connectivity index (χ4v) is 2.84. The predicted octanol–water partition coefficient (Wildman–Crippen LogP) is 1.77. The minimum absolute atomic E-state index is 0.0443. The second kappa shape index (κ2) is 8.47. The Balaban J connectivity index is 1.79. The maximum atomic E-state index is 12.2. The van der Waals surface area contributed by atoms with E-state index in [0.717, 1.165) is 5.75 Å². The van der Waals surface area contributed by atoms with Crippen molar-refractivity contribution < 1.29 is 19.1 Å². The molecule has 1 fully saturated rings. The molecule has 2 N–H and O–H groups in total. The largest absolute Gasteiger partial charge is 0.494 e. The number of nitrogens with two attached hydrogens (primary N) is 1. The molecule has 1 saturated heterocycles. The highest BCUT2D eigenvalue weighted by molar-refractivity contribution is 5.98. The van der Waals surface area contributed by atoms with Crippen LogP contribution in [-0.2, 0) is 9.59 Å². The molecule has 0 radical (unpaired) electrons. The fraction of sp³-hybridized carbons (Fsp3) is 0.500. The van der Waals surface area contributed by atoms with Gasteiger partial charge in [0, 0.05) is 37.4 Å². The van der Waals surface area contributed by atoms with Crippen molar-refractivity contribution in [3.8, 4) is 5.75 Å². The van der Waals surface area contributed by atoms with E-state index in [1.165, 1.54) is 0 Å². The van der Waals surface area contributed by atoms with Gasteiger partial charge in [0.25, 0.3) is 0 Å². The Hall–Kier alpha value is -2.37. The van der Waals surface area contributed by atoms with Crippen LogP contribution in [0.3, 0.4) is 0 Å². The van der Waals surface area contributed by atoms with Crippen LogP contribution in [0, 0.1) is 5.92 Å². The number of benzene rings is 1. The van der Waals surface area contributed by atoms with Gasteiger partial charge in [-0.05, 0) is 44.0 Å². The van der Waals surface area contributed by atoms with Gasteiger partial charge in [-0.2, -0.15) is 0 Å². The molecule has 24 heavy (non-hydrogen) atoms. The highest BCUT2D eigenvalue weighted by atomic mass is 16.5. The van der Waals surface area contributed by atoms with Gasteiger partial charge in [-0.15, -0.1) is 0 Å². The first kappa shape index (κ1) is 18.0. The summed E-state index contributed by atoms with van der Waals surface area (Å²) in [6.45, 7) is 3.54. The minimum Gasteiger partial charge on any atom is -0.494 e. The average molecular weight is 332 g/mol. The third-order valence-corrected chi connectivity index (χ3v) is 4.30. The van der Waals surface area contributed by atoms with Gasteiger partial charge in [0.1, 0.15) is 5.75 Å². The lowest BCUT2D eigenvalue weighted by atomic mass is 9.96. The van der Waals surface area contributed by atoms with E-state index in [-0.39, 0.29) is 36.4 Å². The molecule has 1 aromatic carbocycles. The Labute approximate surface area is 142 Å². The van der Waals surface area contributed by atoms with E-state index in [1.54, 1.807) is 29.2 Å². The number of primary amides is 1. The monoisotopic (exact) mass is 332 g/mol. The summed E-state index contributed by atoms with van der Waals surface area (Å²) < 4.78 is 5.34. The Morgan fingerprint density at radius 3 is 2.29 bits per heavy atom. The lowest BCUT2D eigenvalue weighted by molar-refractivity contribution is -0.134. The van der Waals surface area contributed by atoms with Crippen LogP contribution in [0.4, 0.5) is 0 Å². The molecule has 0 atom stereocenters. The van der Waals surface area contributed by atoms with Gasteiger partial charge in [-0.25, -0.2) is 0 Å². The molecule has 0 aromatic heterocycles. The van der Waals surface area contributed by atoms with Crippen LogP contribution in [-0.4, -0.2) is 42.2 Å². The second-order valence-corrected chi connectivity index (χ2v) is 5.94. The fourth-order valence-electron chi connectivity index (χ4n) is 2.84. The van der Waals surface area contributed by atoms with E-state index in [9.17, 15) is 14.4 Å². The van der Waals surface area contributed by atoms with Crippen molar-refractivity contribution in [1.29, 1.82) is 0 Å². The van der Waals surface area contributed by atoms with Crippen molar-refractivity contribution in [3.05, 3.63) is 29.8 Å². The molecule has 0 saturated carbocycles. The molecule has 1 heterocycles. The molecule has 130 valence electrons. The first-order valence-corrected chi connectivity index (χ1v) is 8.34. The van der Waals surface area contributed by atoms with Crippen molar-refractivity contribution in [3.63, 3.8) is 0 Å². The lowest BCUT2D eigenvalue weighted by Gasteiger charge is -2.30. The lowest BCUT2D eigenvalue weighted by Crippen LogP contribution is -2.41. The van der Waals surface area contributed by atoms with Crippen molar-refractivity contribution in [1.82, 2.24) is 4.90 Å². The van der Waals surface area contributed by atoms with E-state index >= 15 is 0 Å². The second-order valence-electron chi connectivity index (χ2n) is 5.94. The van der Waals surface area contributed by atoms with Crippen LogP contribution < -0.4 is 10.5 Å². The van der Waals surface area contributed by atoms with E-state index in [4.69, 9.17) is 10.5 Å². The van der Waals surface area contributed by atoms with Gasteiger partial charge in [0.05, 0.1) is 6.61 Å². The zero-order valence-electron chi connectivity index (χ0n) is 14.0. The van der Waals surface area contributed by atoms with Crippen molar-refractivity contribution in [2.75, 3.05) is 19.7 Å². The highest BCUT2D eigenvalue weighted by Gasteiger charge is 2.25. The first-order chi connectivity index (χ1) is 11.5. The number of piperidine rings is 1. The van der Waals surface area contributed by atoms with Gasteiger partial charge >= 0.3 is 0 Å². The quantitative estimate of drug-likeness (QED) is 0.771. The summed E-state index contributed by atoms with van der Waals surface area (Å²) in [5.41, 5.74) is 5.87. The smallest absolute Gasteiger partial charge is 0.223 e. The molecule has 2 rings (SSSR count). The molecule has 6 nitrogen and oxygen atoms in total. The molecule has 0 spiro atoms. The number of hydrogen-bond donors (Lipinski definition) is 1. The van der Waals surface area contributed by atoms with Crippen molar-refractivity contribution in [2.45, 2.75) is 32.6 Å². The van der Waals surface area contributed by atoms with E-state index in [2.05, 4.69) is 0 Å². The number of carbonyl (C=O) groups excluding carboxylic acids is 3. The molecular formula is C18H24N2O4. The number of nitrogens with zero attached hydrogens (tertiary/aromatic N) is 1. The van der Waals surface area contributed by atoms with E-state index < -0.39 is 0 Å². The molecule has 1 aliphatic heterocycles. The van der Waals surface area contributed by atoms with Crippen LogP contribution in [0.25, 0.3) is 0 Å². The third kappa shape index (κ3) is 4.81. The molecule has 1 aromatic rings. The van der Waals surface area contributed by atoms with Gasteiger partial charge in [-0.3, -0.25) is 14.4 Å². The SMILES string of the molecule is CCOc1ccc(C(=O)CCC(=O)N2CCC(C(N)=O)CC2)cc1. The van der Waals surface area contributed by atoms with Gasteiger partial charge in [0.15, 0.2) is 5.78 Å². The third-order valence-electron chi connectivity index (χ3n) is 4.30. The molecule has 2 amide bonds. The topological polar surface area (TPSA) is 89.7 Å². The molecule has 6 heteroatoms. The predicted molar refractivity (Wildman–Crippen MR) is 89.7 cm³/mol. The first-order valence-electron chi connectivity index (χ1n) is 8.34. The maximum absolute atomic E-state index is 12.2. The van der Waals surface area contributed by atoms with Crippen molar-refractivity contribution >= 4 is 17.6 Å². The number of carbonyl (C=O) groups is 3. The highest BCUT2D eigenvalue weighted by Crippen LogP contribution is 2.18. The summed E-state index contributed by atoms with van der Waals surface area (Å²) >= 11 is 0. The van der Waals surface area contributed by atoms with E-state index in [1.807, 2.05) is 6.92 Å². The summed E-state index contributed by atoms with van der Waals surface area (Å²) in [5, 5.41) is 0. The number of hydrogen-bond acceptors (Lipinski definition) is 4. The standard InChI is InChI=1S/C18H24N2O4/c1-2-24-15-5-3-13(4-6-15)16(21)7-8-17(22)20-11-9-14(10-12-20)18(19)23/h3-6,14H,2,7-12H2,1H3,(H2,19,23). The van der Waals surface area contributed by atoms with Crippen molar-refractivity contribution in [2.24, 2.45) is 11.7 Å². The van der Waals surface area contributed by atoms with Crippen LogP contribution in [0.15, 0.2) is 24.3 Å². The number of likely N-dealkylation sites (tertiary alicyclic amines) is 1. The van der Waals surface area contributed by atoms with Gasteiger partial charge < -0.3 is 15.4 Å². The summed E-state index contributed by atoms with van der Waals surface area (Å²) in [6.07, 6.45) is 1.58. The molecular weight excluding hydrogens is 308 g/mol. The molecule has 0 bridgehead atoms. The van der Waals surface area contributed by atoms with Crippen LogP contribution in [0.5, 0.6) is 5.75 Å². The number of amides is 2. The number of Topliss-reactive ketones (excluding diaryl/α,β-unsaturated/α-hetero) is 1. The summed E-state index contributed by atoms with van der Waals surface area (Å²) in [5.74, 6) is 0.186. The maximum Gasteiger partial charge on any atom is 0.223 e. The Kier molecular flexibility index (Phi) is 6.35. The normalized spacial score (nSPS) is 15.1. The van der Waals surface area contributed by atoms with Gasteiger partial charge in [0.2, 0.25) is 11.8 Å². The van der Waals surface area contributed by atoms with Crippen LogP contribution in [0.1, 0.15) is 43.0 Å². The average Bonchev–Trinajstić information content (AvgIpc) is 2.60. The number of ether oxygens (including phenoxy) is 1. The summed E-state index contributed by atoms with van der Waals surface area (Å²) in [6, 6.07) is 6.95. The molecule has 1 aliphatic rings. The number of rotatable bonds is 7. The molecule has 0 aliphatic carbocycles. The Bertz CT molecular complexity index is 590. The molecule has 0 unspecified atom stereocenters. The summed E-state index contributed by atoms with van der Waals surface area (Å²) in [7, 11) is 0. The Morgan fingerprint density at radius 1 is 1.12 bits per heavy atom. The zero-order chi connectivity index (χ0) is 17.5. The number of ketones is 1. The van der Waals surface area contributed by atoms with Crippen LogP contribution >= 0.6 is 0 Å².